The Kier molecular flexibility index (Phi) is 4.64. The van der Waals surface area contributed by atoms with Gasteiger partial charge in [-0.2, -0.15) is 0 Å². The largest absolute Gasteiger partial charge is 0.354 e. The minimum absolute atomic E-state index is 0.0765. The molecule has 0 bridgehead atoms. The van der Waals surface area contributed by atoms with Gasteiger partial charge >= 0.3 is 0 Å². The second-order valence-electron chi connectivity index (χ2n) is 2.71. The van der Waals surface area contributed by atoms with Crippen molar-refractivity contribution in [1.82, 2.24) is 25.5 Å². The van der Waals surface area contributed by atoms with Crippen LogP contribution in [0.1, 0.15) is 0 Å². The number of carbonyl (C=O) groups excluding carboxylic acids is 1. The third-order valence-corrected chi connectivity index (χ3v) is 1.69. The number of nitrogens with zero attached hydrogens (tertiary/aromatic N) is 4. The second kappa shape index (κ2) is 6.04. The van der Waals surface area contributed by atoms with E-state index in [1.807, 2.05) is 0 Å². The first-order chi connectivity index (χ1) is 7.26. The molecule has 1 amide bonds. The number of ether oxygens (including phenoxy) is 2. The Morgan fingerprint density at radius 3 is 2.80 bits per heavy atom. The zero-order valence-corrected chi connectivity index (χ0v) is 8.58. The lowest BCUT2D eigenvalue weighted by atomic mass is 10.5. The highest BCUT2D eigenvalue weighted by Gasteiger charge is 2.08. The molecule has 0 saturated heterocycles. The Hall–Kier alpha value is -1.54. The van der Waals surface area contributed by atoms with Crippen LogP contribution < -0.4 is 5.32 Å². The van der Waals surface area contributed by atoms with Crippen molar-refractivity contribution in [2.75, 3.05) is 20.8 Å². The highest BCUT2D eigenvalue weighted by Crippen LogP contribution is 1.87. The highest BCUT2D eigenvalue weighted by molar-refractivity contribution is 5.75. The van der Waals surface area contributed by atoms with E-state index in [-0.39, 0.29) is 19.0 Å². The molecule has 8 nitrogen and oxygen atoms in total. The molecule has 0 aliphatic carbocycles. The van der Waals surface area contributed by atoms with E-state index < -0.39 is 6.29 Å². The molecule has 0 atom stereocenters. The summed E-state index contributed by atoms with van der Waals surface area (Å²) < 4.78 is 11.1. The third kappa shape index (κ3) is 4.00. The van der Waals surface area contributed by atoms with E-state index in [0.29, 0.717) is 0 Å². The lowest BCUT2D eigenvalue weighted by molar-refractivity contribution is -0.128. The molecule has 8 heteroatoms. The average molecular weight is 215 g/mol. The van der Waals surface area contributed by atoms with Gasteiger partial charge in [-0.05, 0) is 10.4 Å². The maximum Gasteiger partial charge on any atom is 0.242 e. The van der Waals surface area contributed by atoms with Crippen LogP contribution in [0.5, 0.6) is 0 Å². The van der Waals surface area contributed by atoms with Gasteiger partial charge in [0.05, 0.1) is 6.54 Å². The van der Waals surface area contributed by atoms with Crippen molar-refractivity contribution in [3.05, 3.63) is 6.33 Å². The number of rotatable bonds is 6. The number of hydrogen-bond acceptors (Lipinski definition) is 6. The summed E-state index contributed by atoms with van der Waals surface area (Å²) in [5.41, 5.74) is 0. The van der Waals surface area contributed by atoms with Gasteiger partial charge in [0.15, 0.2) is 6.29 Å². The molecule has 84 valence electrons. The standard InChI is InChI=1S/C7H13N5O3/c1-14-7(15-2)3-8-6(13)4-12-5-9-10-11-12/h5,7H,3-4H2,1-2H3,(H,8,13). The minimum atomic E-state index is -0.442. The van der Waals surface area contributed by atoms with Gasteiger partial charge in [-0.3, -0.25) is 4.79 Å². The zero-order chi connectivity index (χ0) is 11.1. The average Bonchev–Trinajstić information content (AvgIpc) is 2.72. The van der Waals surface area contributed by atoms with Crippen molar-refractivity contribution >= 4 is 5.91 Å². The predicted octanol–water partition coefficient (Wildman–Crippen LogP) is -1.59. The second-order valence-corrected chi connectivity index (χ2v) is 2.71. The third-order valence-electron chi connectivity index (χ3n) is 1.69. The first kappa shape index (κ1) is 11.5. The highest BCUT2D eigenvalue weighted by atomic mass is 16.7. The van der Waals surface area contributed by atoms with E-state index >= 15 is 0 Å². The van der Waals surface area contributed by atoms with Gasteiger partial charge in [-0.1, -0.05) is 0 Å². The molecule has 1 rings (SSSR count). The zero-order valence-electron chi connectivity index (χ0n) is 8.58. The van der Waals surface area contributed by atoms with Gasteiger partial charge in [0.1, 0.15) is 12.9 Å². The molecule has 1 aromatic rings. The molecular weight excluding hydrogens is 202 g/mol. The van der Waals surface area contributed by atoms with Gasteiger partial charge < -0.3 is 14.8 Å². The number of amides is 1. The number of nitrogens with one attached hydrogen (secondary N) is 1. The summed E-state index contributed by atoms with van der Waals surface area (Å²) in [5.74, 6) is -0.207. The Bertz CT molecular complexity index is 285. The van der Waals surface area contributed by atoms with Crippen molar-refractivity contribution < 1.29 is 14.3 Å². The summed E-state index contributed by atoms with van der Waals surface area (Å²) in [7, 11) is 3.00. The molecular formula is C7H13N5O3. The first-order valence-corrected chi connectivity index (χ1v) is 4.29. The molecule has 1 aromatic heterocycles. The van der Waals surface area contributed by atoms with Gasteiger partial charge in [0.2, 0.25) is 5.91 Å². The molecule has 0 unspecified atom stereocenters. The van der Waals surface area contributed by atoms with Crippen molar-refractivity contribution in [3.63, 3.8) is 0 Å². The summed E-state index contributed by atoms with van der Waals surface area (Å²) in [6.45, 7) is 0.362. The van der Waals surface area contributed by atoms with Gasteiger partial charge in [0.25, 0.3) is 0 Å². The maximum absolute atomic E-state index is 11.3. The van der Waals surface area contributed by atoms with E-state index in [9.17, 15) is 4.79 Å². The summed E-state index contributed by atoms with van der Waals surface area (Å²) in [5, 5.41) is 13.0. The number of carbonyl (C=O) groups is 1. The van der Waals surface area contributed by atoms with Gasteiger partial charge in [-0.15, -0.1) is 5.10 Å². The predicted molar refractivity (Wildman–Crippen MR) is 48.6 cm³/mol. The van der Waals surface area contributed by atoms with Crippen LogP contribution in [0.15, 0.2) is 6.33 Å². The Labute approximate surface area is 86.5 Å². The molecule has 0 aliphatic rings. The van der Waals surface area contributed by atoms with Crippen LogP contribution >= 0.6 is 0 Å². The topological polar surface area (TPSA) is 91.2 Å². The van der Waals surface area contributed by atoms with E-state index in [0.717, 1.165) is 0 Å². The number of tetrazole rings is 1. The van der Waals surface area contributed by atoms with Crippen LogP contribution in [0.25, 0.3) is 0 Å². The number of hydrogen-bond donors (Lipinski definition) is 1. The molecule has 0 saturated carbocycles. The Balaban J connectivity index is 2.24. The molecule has 0 spiro atoms. The lowest BCUT2D eigenvalue weighted by Gasteiger charge is -2.13. The molecule has 0 radical (unpaired) electrons. The van der Waals surface area contributed by atoms with E-state index in [1.54, 1.807) is 0 Å². The number of aromatic nitrogens is 4. The monoisotopic (exact) mass is 215 g/mol. The smallest absolute Gasteiger partial charge is 0.242 e. The van der Waals surface area contributed by atoms with Crippen LogP contribution in [0.3, 0.4) is 0 Å². The fraction of sp³-hybridized carbons (Fsp3) is 0.714. The Morgan fingerprint density at radius 2 is 2.27 bits per heavy atom. The van der Waals surface area contributed by atoms with Crippen LogP contribution in [0.4, 0.5) is 0 Å². The van der Waals surface area contributed by atoms with Crippen LogP contribution in [-0.2, 0) is 20.8 Å². The van der Waals surface area contributed by atoms with Crippen molar-refractivity contribution in [2.24, 2.45) is 0 Å². The molecule has 15 heavy (non-hydrogen) atoms. The van der Waals surface area contributed by atoms with Crippen molar-refractivity contribution in [2.45, 2.75) is 12.8 Å². The maximum atomic E-state index is 11.3. The van der Waals surface area contributed by atoms with Crippen molar-refractivity contribution in [3.8, 4) is 0 Å². The van der Waals surface area contributed by atoms with Crippen LogP contribution in [0, 0.1) is 0 Å². The molecule has 1 N–H and O–H groups in total. The van der Waals surface area contributed by atoms with Crippen LogP contribution in [0.2, 0.25) is 0 Å². The van der Waals surface area contributed by atoms with Gasteiger partial charge in [-0.25, -0.2) is 4.68 Å². The fourth-order valence-corrected chi connectivity index (χ4v) is 0.916. The van der Waals surface area contributed by atoms with Crippen LogP contribution in [-0.4, -0.2) is 53.2 Å². The summed E-state index contributed by atoms with van der Waals surface area (Å²) in [4.78, 5) is 11.3. The minimum Gasteiger partial charge on any atom is -0.354 e. The van der Waals surface area contributed by atoms with Crippen molar-refractivity contribution in [1.29, 1.82) is 0 Å². The molecule has 1 heterocycles. The normalized spacial score (nSPS) is 10.6. The first-order valence-electron chi connectivity index (χ1n) is 4.29. The van der Waals surface area contributed by atoms with E-state index in [4.69, 9.17) is 9.47 Å². The quantitative estimate of drug-likeness (QED) is 0.575. The lowest BCUT2D eigenvalue weighted by Crippen LogP contribution is -2.36. The molecule has 0 fully saturated rings. The molecule has 0 aliphatic heterocycles. The fourth-order valence-electron chi connectivity index (χ4n) is 0.916. The van der Waals surface area contributed by atoms with E-state index in [2.05, 4.69) is 20.8 Å². The number of methoxy groups -OCH3 is 2. The van der Waals surface area contributed by atoms with E-state index in [1.165, 1.54) is 25.2 Å². The summed E-state index contributed by atoms with van der Waals surface area (Å²) in [6.07, 6.45) is 0.923. The van der Waals surface area contributed by atoms with Gasteiger partial charge in [0, 0.05) is 14.2 Å². The summed E-state index contributed by atoms with van der Waals surface area (Å²) >= 11 is 0. The Morgan fingerprint density at radius 1 is 1.53 bits per heavy atom. The molecule has 0 aromatic carbocycles. The summed E-state index contributed by atoms with van der Waals surface area (Å²) in [6, 6.07) is 0. The SMILES string of the molecule is COC(CNC(=O)Cn1cnnn1)OC.